The highest BCUT2D eigenvalue weighted by molar-refractivity contribution is 5.55. The van der Waals surface area contributed by atoms with Crippen LogP contribution < -0.4 is 10.6 Å². The average molecular weight is 264 g/mol. The molecule has 0 spiro atoms. The summed E-state index contributed by atoms with van der Waals surface area (Å²) in [6, 6.07) is 5.19. The van der Waals surface area contributed by atoms with Crippen molar-refractivity contribution in [2.45, 2.75) is 45.6 Å². The van der Waals surface area contributed by atoms with Gasteiger partial charge in [0.25, 0.3) is 0 Å². The van der Waals surface area contributed by atoms with Gasteiger partial charge >= 0.3 is 0 Å². The fourth-order valence-corrected chi connectivity index (χ4v) is 3.07. The molecule has 106 valence electrons. The predicted molar refractivity (Wildman–Crippen MR) is 79.0 cm³/mol. The molecule has 1 aromatic carbocycles. The maximum absolute atomic E-state index is 13.4. The van der Waals surface area contributed by atoms with Crippen LogP contribution in [-0.4, -0.2) is 19.1 Å². The zero-order valence-electron chi connectivity index (χ0n) is 12.0. The first-order valence-electron chi connectivity index (χ1n) is 7.39. The van der Waals surface area contributed by atoms with Crippen LogP contribution in [0, 0.1) is 11.7 Å². The fourth-order valence-electron chi connectivity index (χ4n) is 3.07. The lowest BCUT2D eigenvalue weighted by molar-refractivity contribution is 0.529. The molecule has 0 aliphatic carbocycles. The van der Waals surface area contributed by atoms with E-state index >= 15 is 0 Å². The molecule has 2 unspecified atom stereocenters. The summed E-state index contributed by atoms with van der Waals surface area (Å²) < 4.78 is 13.4. The summed E-state index contributed by atoms with van der Waals surface area (Å²) in [5, 5.41) is 0. The Bertz CT molecular complexity index is 417. The van der Waals surface area contributed by atoms with Gasteiger partial charge in [-0.05, 0) is 55.9 Å². The molecule has 19 heavy (non-hydrogen) atoms. The third kappa shape index (κ3) is 3.69. The van der Waals surface area contributed by atoms with E-state index in [9.17, 15) is 4.39 Å². The third-order valence-corrected chi connectivity index (χ3v) is 3.91. The van der Waals surface area contributed by atoms with Crippen molar-refractivity contribution in [2.75, 3.05) is 18.0 Å². The number of anilines is 1. The maximum Gasteiger partial charge on any atom is 0.123 e. The zero-order valence-corrected chi connectivity index (χ0v) is 12.0. The first-order valence-corrected chi connectivity index (χ1v) is 7.39. The fraction of sp³-hybridized carbons (Fsp3) is 0.625. The van der Waals surface area contributed by atoms with Gasteiger partial charge in [0, 0.05) is 24.8 Å². The van der Waals surface area contributed by atoms with Crippen molar-refractivity contribution in [3.63, 3.8) is 0 Å². The van der Waals surface area contributed by atoms with Gasteiger partial charge in [0.15, 0.2) is 0 Å². The van der Waals surface area contributed by atoms with Crippen LogP contribution in [0.3, 0.4) is 0 Å². The summed E-state index contributed by atoms with van der Waals surface area (Å²) in [6.45, 7) is 6.40. The highest BCUT2D eigenvalue weighted by atomic mass is 19.1. The summed E-state index contributed by atoms with van der Waals surface area (Å²) >= 11 is 0. The largest absolute Gasteiger partial charge is 0.371 e. The SMILES string of the molecule is CCCC1CCN(c2ccc(F)cc2CC(C)N)C1. The molecule has 0 saturated carbocycles. The number of rotatable bonds is 5. The van der Waals surface area contributed by atoms with Crippen LogP contribution >= 0.6 is 0 Å². The van der Waals surface area contributed by atoms with Crippen LogP contribution in [0.1, 0.15) is 38.7 Å². The lowest BCUT2D eigenvalue weighted by Crippen LogP contribution is -2.24. The average Bonchev–Trinajstić information content (AvgIpc) is 2.77. The Morgan fingerprint density at radius 1 is 1.47 bits per heavy atom. The number of nitrogens with two attached hydrogens (primary N) is 1. The molecule has 1 fully saturated rings. The molecular weight excluding hydrogens is 239 g/mol. The van der Waals surface area contributed by atoms with Crippen molar-refractivity contribution in [3.05, 3.63) is 29.6 Å². The minimum atomic E-state index is -0.163. The first kappa shape index (κ1) is 14.3. The molecule has 3 heteroatoms. The van der Waals surface area contributed by atoms with Crippen molar-refractivity contribution in [1.29, 1.82) is 0 Å². The molecule has 0 aromatic heterocycles. The van der Waals surface area contributed by atoms with Crippen LogP contribution in [0.15, 0.2) is 18.2 Å². The van der Waals surface area contributed by atoms with Crippen molar-refractivity contribution >= 4 is 5.69 Å². The van der Waals surface area contributed by atoms with Gasteiger partial charge in [-0.1, -0.05) is 13.3 Å². The summed E-state index contributed by atoms with van der Waals surface area (Å²) in [7, 11) is 0. The molecule has 1 aliphatic heterocycles. The van der Waals surface area contributed by atoms with Gasteiger partial charge in [-0.15, -0.1) is 0 Å². The lowest BCUT2D eigenvalue weighted by Gasteiger charge is -2.23. The van der Waals surface area contributed by atoms with Crippen LogP contribution in [0.2, 0.25) is 0 Å². The highest BCUT2D eigenvalue weighted by Gasteiger charge is 2.23. The van der Waals surface area contributed by atoms with Gasteiger partial charge in [-0.2, -0.15) is 0 Å². The summed E-state index contributed by atoms with van der Waals surface area (Å²) in [5.74, 6) is 0.627. The van der Waals surface area contributed by atoms with Gasteiger partial charge in [-0.3, -0.25) is 0 Å². The van der Waals surface area contributed by atoms with E-state index in [0.29, 0.717) is 0 Å². The molecule has 0 bridgehead atoms. The molecule has 2 atom stereocenters. The Balaban J connectivity index is 2.15. The van der Waals surface area contributed by atoms with Gasteiger partial charge in [0.2, 0.25) is 0 Å². The minimum Gasteiger partial charge on any atom is -0.371 e. The molecule has 1 aromatic rings. The van der Waals surface area contributed by atoms with E-state index < -0.39 is 0 Å². The Morgan fingerprint density at radius 3 is 2.95 bits per heavy atom. The quantitative estimate of drug-likeness (QED) is 0.883. The molecule has 1 aliphatic rings. The molecule has 2 nitrogen and oxygen atoms in total. The van der Waals surface area contributed by atoms with Crippen LogP contribution in [-0.2, 0) is 6.42 Å². The van der Waals surface area contributed by atoms with E-state index in [2.05, 4.69) is 11.8 Å². The van der Waals surface area contributed by atoms with E-state index in [0.717, 1.165) is 31.0 Å². The monoisotopic (exact) mass is 264 g/mol. The molecular formula is C16H25FN2. The van der Waals surface area contributed by atoms with Crippen molar-refractivity contribution in [2.24, 2.45) is 11.7 Å². The second-order valence-corrected chi connectivity index (χ2v) is 5.84. The summed E-state index contributed by atoms with van der Waals surface area (Å²) in [6.07, 6.45) is 4.53. The summed E-state index contributed by atoms with van der Waals surface area (Å²) in [5.41, 5.74) is 8.10. The zero-order chi connectivity index (χ0) is 13.8. The number of hydrogen-bond donors (Lipinski definition) is 1. The number of halogens is 1. The standard InChI is InChI=1S/C16H25FN2/c1-3-4-13-7-8-19(11-13)16-6-5-15(17)10-14(16)9-12(2)18/h5-6,10,12-13H,3-4,7-9,11,18H2,1-2H3. The Hall–Kier alpha value is -1.09. The van der Waals surface area contributed by atoms with Gasteiger partial charge in [-0.25, -0.2) is 4.39 Å². The third-order valence-electron chi connectivity index (χ3n) is 3.91. The van der Waals surface area contributed by atoms with Gasteiger partial charge in [0.1, 0.15) is 5.82 Å². The van der Waals surface area contributed by atoms with Crippen molar-refractivity contribution in [3.8, 4) is 0 Å². The molecule has 2 rings (SSSR count). The maximum atomic E-state index is 13.4. The first-order chi connectivity index (χ1) is 9.10. The van der Waals surface area contributed by atoms with E-state index in [1.807, 2.05) is 13.0 Å². The van der Waals surface area contributed by atoms with E-state index in [4.69, 9.17) is 5.73 Å². The summed E-state index contributed by atoms with van der Waals surface area (Å²) in [4.78, 5) is 2.40. The van der Waals surface area contributed by atoms with Gasteiger partial charge < -0.3 is 10.6 Å². The second kappa shape index (κ2) is 6.38. The molecule has 1 saturated heterocycles. The van der Waals surface area contributed by atoms with E-state index in [-0.39, 0.29) is 11.9 Å². The Labute approximate surface area is 115 Å². The topological polar surface area (TPSA) is 29.3 Å². The minimum absolute atomic E-state index is 0.0644. The Morgan fingerprint density at radius 2 is 2.26 bits per heavy atom. The molecule has 0 radical (unpaired) electrons. The van der Waals surface area contributed by atoms with Crippen LogP contribution in [0.5, 0.6) is 0 Å². The normalized spacial score (nSPS) is 20.8. The van der Waals surface area contributed by atoms with Gasteiger partial charge in [0.05, 0.1) is 0 Å². The Kier molecular flexibility index (Phi) is 4.81. The molecule has 2 N–H and O–H groups in total. The van der Waals surface area contributed by atoms with Crippen molar-refractivity contribution < 1.29 is 4.39 Å². The molecule has 0 amide bonds. The second-order valence-electron chi connectivity index (χ2n) is 5.84. The van der Waals surface area contributed by atoms with Crippen LogP contribution in [0.4, 0.5) is 10.1 Å². The van der Waals surface area contributed by atoms with Crippen LogP contribution in [0.25, 0.3) is 0 Å². The molecule has 1 heterocycles. The van der Waals surface area contributed by atoms with Crippen molar-refractivity contribution in [1.82, 2.24) is 0 Å². The number of nitrogens with zero attached hydrogens (tertiary/aromatic N) is 1. The predicted octanol–water partition coefficient (Wildman–Crippen LogP) is 3.34. The lowest BCUT2D eigenvalue weighted by atomic mass is 10.0. The smallest absolute Gasteiger partial charge is 0.123 e. The van der Waals surface area contributed by atoms with E-state index in [1.165, 1.54) is 24.9 Å². The number of benzene rings is 1. The van der Waals surface area contributed by atoms with E-state index in [1.54, 1.807) is 12.1 Å². The highest BCUT2D eigenvalue weighted by Crippen LogP contribution is 2.30. The number of hydrogen-bond acceptors (Lipinski definition) is 2.